The monoisotopic (exact) mass is 252 g/mol. The highest BCUT2D eigenvalue weighted by Gasteiger charge is 2.08. The number of amides is 1. The van der Waals surface area contributed by atoms with Gasteiger partial charge in [-0.05, 0) is 23.8 Å². The number of nitrogens with one attached hydrogen (secondary N) is 1. The molecule has 0 spiro atoms. The minimum Gasteiger partial charge on any atom is -0.398 e. The van der Waals surface area contributed by atoms with Crippen LogP contribution >= 0.6 is 0 Å². The lowest BCUT2D eigenvalue weighted by atomic mass is 10.1. The van der Waals surface area contributed by atoms with Crippen molar-refractivity contribution < 1.29 is 4.79 Å². The van der Waals surface area contributed by atoms with Crippen LogP contribution in [0.25, 0.3) is 0 Å². The second-order valence-corrected chi connectivity index (χ2v) is 3.96. The Kier molecular flexibility index (Phi) is 3.74. The summed E-state index contributed by atoms with van der Waals surface area (Å²) < 4.78 is 0. The first-order valence-corrected chi connectivity index (χ1v) is 5.67. The molecule has 1 heterocycles. The summed E-state index contributed by atoms with van der Waals surface area (Å²) in [5.74, 6) is -0.284. The van der Waals surface area contributed by atoms with Crippen LogP contribution < -0.4 is 11.1 Å². The van der Waals surface area contributed by atoms with E-state index in [4.69, 9.17) is 11.0 Å². The van der Waals surface area contributed by atoms with Crippen LogP contribution in [0.4, 0.5) is 5.69 Å². The molecule has 0 saturated heterocycles. The van der Waals surface area contributed by atoms with Gasteiger partial charge < -0.3 is 11.1 Å². The van der Waals surface area contributed by atoms with Crippen molar-refractivity contribution in [3.63, 3.8) is 0 Å². The Morgan fingerprint density at radius 3 is 3.00 bits per heavy atom. The van der Waals surface area contributed by atoms with E-state index in [1.54, 1.807) is 24.3 Å². The van der Waals surface area contributed by atoms with Crippen LogP contribution in [0.15, 0.2) is 42.7 Å². The van der Waals surface area contributed by atoms with Gasteiger partial charge in [0.15, 0.2) is 0 Å². The SMILES string of the molecule is N#Cc1cccc(CNC(=O)c2cnccc2N)c1. The Bertz CT molecular complexity index is 646. The predicted octanol–water partition coefficient (Wildman–Crippen LogP) is 1.47. The highest BCUT2D eigenvalue weighted by Crippen LogP contribution is 2.09. The molecule has 5 heteroatoms. The maximum absolute atomic E-state index is 11.9. The fourth-order valence-corrected chi connectivity index (χ4v) is 1.62. The number of rotatable bonds is 3. The first kappa shape index (κ1) is 12.6. The van der Waals surface area contributed by atoms with Gasteiger partial charge in [-0.15, -0.1) is 0 Å². The Morgan fingerprint density at radius 1 is 1.42 bits per heavy atom. The maximum Gasteiger partial charge on any atom is 0.255 e. The molecular formula is C14H12N4O. The summed E-state index contributed by atoms with van der Waals surface area (Å²) in [7, 11) is 0. The third kappa shape index (κ3) is 3.07. The first-order valence-electron chi connectivity index (χ1n) is 5.67. The fourth-order valence-electron chi connectivity index (χ4n) is 1.62. The van der Waals surface area contributed by atoms with Crippen molar-refractivity contribution in [1.82, 2.24) is 10.3 Å². The average molecular weight is 252 g/mol. The Morgan fingerprint density at radius 2 is 2.26 bits per heavy atom. The molecule has 0 aliphatic rings. The van der Waals surface area contributed by atoms with Crippen LogP contribution in [0.5, 0.6) is 0 Å². The van der Waals surface area contributed by atoms with Crippen LogP contribution in [0.1, 0.15) is 21.5 Å². The second-order valence-electron chi connectivity index (χ2n) is 3.96. The van der Waals surface area contributed by atoms with Gasteiger partial charge in [-0.3, -0.25) is 9.78 Å². The number of carbonyl (C=O) groups excluding carboxylic acids is 1. The molecule has 0 atom stereocenters. The van der Waals surface area contributed by atoms with Crippen LogP contribution in [0.3, 0.4) is 0 Å². The molecule has 0 bridgehead atoms. The van der Waals surface area contributed by atoms with E-state index in [0.717, 1.165) is 5.56 Å². The van der Waals surface area contributed by atoms with E-state index in [2.05, 4.69) is 16.4 Å². The molecular weight excluding hydrogens is 240 g/mol. The highest BCUT2D eigenvalue weighted by molar-refractivity contribution is 5.98. The largest absolute Gasteiger partial charge is 0.398 e. The van der Waals surface area contributed by atoms with Crippen molar-refractivity contribution >= 4 is 11.6 Å². The molecule has 0 saturated carbocycles. The summed E-state index contributed by atoms with van der Waals surface area (Å²) in [5, 5.41) is 11.5. The molecule has 2 rings (SSSR count). The maximum atomic E-state index is 11.9. The third-order valence-electron chi connectivity index (χ3n) is 2.61. The minimum atomic E-state index is -0.284. The minimum absolute atomic E-state index is 0.284. The van der Waals surface area contributed by atoms with Gasteiger partial charge in [0.1, 0.15) is 0 Å². The molecule has 0 aliphatic carbocycles. The smallest absolute Gasteiger partial charge is 0.255 e. The van der Waals surface area contributed by atoms with Gasteiger partial charge in [0.2, 0.25) is 0 Å². The fraction of sp³-hybridized carbons (Fsp3) is 0.0714. The van der Waals surface area contributed by atoms with Gasteiger partial charge in [0, 0.05) is 24.6 Å². The van der Waals surface area contributed by atoms with E-state index in [0.29, 0.717) is 23.4 Å². The van der Waals surface area contributed by atoms with Crippen LogP contribution in [-0.4, -0.2) is 10.9 Å². The lowest BCUT2D eigenvalue weighted by Crippen LogP contribution is -2.24. The van der Waals surface area contributed by atoms with Gasteiger partial charge in [-0.25, -0.2) is 0 Å². The third-order valence-corrected chi connectivity index (χ3v) is 2.61. The van der Waals surface area contributed by atoms with Crippen molar-refractivity contribution in [2.75, 3.05) is 5.73 Å². The van der Waals surface area contributed by atoms with Crippen LogP contribution in [-0.2, 0) is 6.54 Å². The molecule has 0 radical (unpaired) electrons. The average Bonchev–Trinajstić information content (AvgIpc) is 2.45. The summed E-state index contributed by atoms with van der Waals surface area (Å²) in [6.07, 6.45) is 2.96. The molecule has 0 fully saturated rings. The molecule has 0 unspecified atom stereocenters. The standard InChI is InChI=1S/C14H12N4O/c15-7-10-2-1-3-11(6-10)8-18-14(19)12-9-17-5-4-13(12)16/h1-6,9H,8H2,(H2,16,17)(H,18,19). The van der Waals surface area contributed by atoms with Gasteiger partial charge >= 0.3 is 0 Å². The topological polar surface area (TPSA) is 91.8 Å². The van der Waals surface area contributed by atoms with Gasteiger partial charge in [-0.1, -0.05) is 12.1 Å². The van der Waals surface area contributed by atoms with E-state index in [9.17, 15) is 4.79 Å². The number of aromatic nitrogens is 1. The van der Waals surface area contributed by atoms with Crippen LogP contribution in [0, 0.1) is 11.3 Å². The quantitative estimate of drug-likeness (QED) is 0.865. The summed E-state index contributed by atoms with van der Waals surface area (Å²) in [4.78, 5) is 15.8. The Labute approximate surface area is 110 Å². The molecule has 2 aromatic rings. The van der Waals surface area contributed by atoms with Crippen molar-refractivity contribution in [3.05, 3.63) is 59.4 Å². The summed E-state index contributed by atoms with van der Waals surface area (Å²) in [6, 6.07) is 10.7. The summed E-state index contributed by atoms with van der Waals surface area (Å²) in [6.45, 7) is 0.336. The zero-order valence-electron chi connectivity index (χ0n) is 10.1. The molecule has 1 aromatic heterocycles. The number of hydrogen-bond donors (Lipinski definition) is 2. The molecule has 1 amide bonds. The zero-order chi connectivity index (χ0) is 13.7. The van der Waals surface area contributed by atoms with Gasteiger partial charge in [-0.2, -0.15) is 5.26 Å². The summed E-state index contributed by atoms with van der Waals surface area (Å²) >= 11 is 0. The highest BCUT2D eigenvalue weighted by atomic mass is 16.1. The predicted molar refractivity (Wildman–Crippen MR) is 71.0 cm³/mol. The van der Waals surface area contributed by atoms with Crippen LogP contribution in [0.2, 0.25) is 0 Å². The van der Waals surface area contributed by atoms with E-state index in [1.165, 1.54) is 12.4 Å². The number of nitrogen functional groups attached to an aromatic ring is 1. The number of nitrogens with zero attached hydrogens (tertiary/aromatic N) is 2. The van der Waals surface area contributed by atoms with Crippen molar-refractivity contribution in [3.8, 4) is 6.07 Å². The van der Waals surface area contributed by atoms with Gasteiger partial charge in [0.05, 0.1) is 17.2 Å². The first-order chi connectivity index (χ1) is 9.20. The lowest BCUT2D eigenvalue weighted by Gasteiger charge is -2.07. The number of benzene rings is 1. The number of pyridine rings is 1. The number of hydrogen-bond acceptors (Lipinski definition) is 4. The normalized spacial score (nSPS) is 9.63. The second kappa shape index (κ2) is 5.65. The molecule has 3 N–H and O–H groups in total. The van der Waals surface area contributed by atoms with E-state index in [1.807, 2.05) is 6.07 Å². The number of anilines is 1. The Hall–Kier alpha value is -2.87. The summed E-state index contributed by atoms with van der Waals surface area (Å²) in [5.41, 5.74) is 7.84. The van der Waals surface area contributed by atoms with Crippen molar-refractivity contribution in [2.45, 2.75) is 6.54 Å². The molecule has 0 aliphatic heterocycles. The van der Waals surface area contributed by atoms with Crippen molar-refractivity contribution in [1.29, 1.82) is 5.26 Å². The Balaban J connectivity index is 2.05. The van der Waals surface area contributed by atoms with E-state index >= 15 is 0 Å². The zero-order valence-corrected chi connectivity index (χ0v) is 10.1. The van der Waals surface area contributed by atoms with Crippen molar-refractivity contribution in [2.24, 2.45) is 0 Å². The molecule has 5 nitrogen and oxygen atoms in total. The number of nitriles is 1. The number of carbonyl (C=O) groups is 1. The van der Waals surface area contributed by atoms with E-state index in [-0.39, 0.29) is 5.91 Å². The lowest BCUT2D eigenvalue weighted by molar-refractivity contribution is 0.0951. The molecule has 19 heavy (non-hydrogen) atoms. The molecule has 1 aromatic carbocycles. The van der Waals surface area contributed by atoms with Gasteiger partial charge in [0.25, 0.3) is 5.91 Å². The molecule has 94 valence electrons. The number of nitrogens with two attached hydrogens (primary N) is 1. The van der Waals surface area contributed by atoms with E-state index < -0.39 is 0 Å².